The first-order chi connectivity index (χ1) is 10.0. The number of carboxylic acid groups (broad SMARTS) is 1. The highest BCUT2D eigenvalue weighted by molar-refractivity contribution is 5.83. The van der Waals surface area contributed by atoms with Crippen LogP contribution >= 0.6 is 0 Å². The zero-order valence-electron chi connectivity index (χ0n) is 11.8. The van der Waals surface area contributed by atoms with Gasteiger partial charge in [0.25, 0.3) is 0 Å². The molecule has 1 amide bonds. The number of aliphatic carboxylic acids is 1. The fourth-order valence-corrected chi connectivity index (χ4v) is 2.79. The number of benzene rings is 1. The van der Waals surface area contributed by atoms with Crippen molar-refractivity contribution in [3.8, 4) is 0 Å². The van der Waals surface area contributed by atoms with Crippen molar-refractivity contribution < 1.29 is 19.1 Å². The lowest BCUT2D eigenvalue weighted by molar-refractivity contribution is -0.141. The lowest BCUT2D eigenvalue weighted by Gasteiger charge is -2.16. The fraction of sp³-hybridized carbons (Fsp3) is 0.500. The molecule has 0 saturated heterocycles. The molecule has 0 bridgehead atoms. The summed E-state index contributed by atoms with van der Waals surface area (Å²) >= 11 is 0. The van der Waals surface area contributed by atoms with Gasteiger partial charge in [0.15, 0.2) is 0 Å². The molecule has 1 aromatic carbocycles. The van der Waals surface area contributed by atoms with E-state index < -0.39 is 12.0 Å². The largest absolute Gasteiger partial charge is 0.480 e. The molecule has 21 heavy (non-hydrogen) atoms. The molecule has 1 fully saturated rings. The Morgan fingerprint density at radius 2 is 1.86 bits per heavy atom. The Balaban J connectivity index is 1.90. The van der Waals surface area contributed by atoms with Crippen molar-refractivity contribution in [3.63, 3.8) is 0 Å². The van der Waals surface area contributed by atoms with E-state index in [2.05, 4.69) is 5.32 Å². The third-order valence-electron chi connectivity index (χ3n) is 3.94. The van der Waals surface area contributed by atoms with Crippen molar-refractivity contribution in [2.24, 2.45) is 5.92 Å². The number of rotatable bonds is 6. The highest BCUT2D eigenvalue weighted by Gasteiger charge is 2.23. The summed E-state index contributed by atoms with van der Waals surface area (Å²) in [5.41, 5.74) is 0.685. The maximum Gasteiger partial charge on any atom is 0.326 e. The molecular weight excluding hydrogens is 273 g/mol. The molecule has 0 aromatic heterocycles. The van der Waals surface area contributed by atoms with Gasteiger partial charge in [-0.05, 0) is 36.5 Å². The summed E-state index contributed by atoms with van der Waals surface area (Å²) in [7, 11) is 0. The molecule has 5 heteroatoms. The predicted octanol–water partition coefficient (Wildman–Crippen LogP) is 2.52. The number of halogens is 1. The number of carboxylic acids is 1. The van der Waals surface area contributed by atoms with E-state index in [-0.39, 0.29) is 18.1 Å². The maximum absolute atomic E-state index is 12.8. The second-order valence-electron chi connectivity index (χ2n) is 5.64. The van der Waals surface area contributed by atoms with Crippen LogP contribution in [0.15, 0.2) is 24.3 Å². The maximum atomic E-state index is 12.8. The van der Waals surface area contributed by atoms with Crippen LogP contribution in [0.3, 0.4) is 0 Å². The zero-order chi connectivity index (χ0) is 15.2. The van der Waals surface area contributed by atoms with Gasteiger partial charge in [-0.1, -0.05) is 25.0 Å². The summed E-state index contributed by atoms with van der Waals surface area (Å²) in [5.74, 6) is -1.27. The van der Waals surface area contributed by atoms with Crippen molar-refractivity contribution in [1.82, 2.24) is 5.32 Å². The van der Waals surface area contributed by atoms with Crippen LogP contribution < -0.4 is 5.32 Å². The van der Waals surface area contributed by atoms with Crippen molar-refractivity contribution >= 4 is 11.9 Å². The molecule has 1 aliphatic rings. The normalized spacial score (nSPS) is 16.6. The molecule has 0 radical (unpaired) electrons. The van der Waals surface area contributed by atoms with Gasteiger partial charge in [-0.25, -0.2) is 9.18 Å². The van der Waals surface area contributed by atoms with Crippen molar-refractivity contribution in [2.75, 3.05) is 0 Å². The van der Waals surface area contributed by atoms with E-state index in [0.29, 0.717) is 17.9 Å². The van der Waals surface area contributed by atoms with Crippen molar-refractivity contribution in [3.05, 3.63) is 35.6 Å². The molecule has 114 valence electrons. The first kappa shape index (κ1) is 15.5. The minimum atomic E-state index is -1.07. The SMILES string of the molecule is O=C(CC1CCCC1)N[C@@H](Cc1ccc(F)cc1)C(=O)O. The Kier molecular flexibility index (Phi) is 5.31. The van der Waals surface area contributed by atoms with Crippen molar-refractivity contribution in [2.45, 2.75) is 44.6 Å². The molecule has 1 saturated carbocycles. The van der Waals surface area contributed by atoms with Gasteiger partial charge in [0.05, 0.1) is 0 Å². The quantitative estimate of drug-likeness (QED) is 0.847. The summed E-state index contributed by atoms with van der Waals surface area (Å²) in [4.78, 5) is 23.2. The second kappa shape index (κ2) is 7.20. The first-order valence-electron chi connectivity index (χ1n) is 7.31. The molecule has 1 aromatic rings. The van der Waals surface area contributed by atoms with Crippen LogP contribution in [0.2, 0.25) is 0 Å². The molecule has 0 unspecified atom stereocenters. The van der Waals surface area contributed by atoms with E-state index in [9.17, 15) is 19.1 Å². The van der Waals surface area contributed by atoms with E-state index in [4.69, 9.17) is 0 Å². The van der Waals surface area contributed by atoms with E-state index in [0.717, 1.165) is 25.7 Å². The summed E-state index contributed by atoms with van der Waals surface area (Å²) in [5, 5.41) is 11.8. The monoisotopic (exact) mass is 293 g/mol. The van der Waals surface area contributed by atoms with Gasteiger partial charge in [-0.15, -0.1) is 0 Å². The second-order valence-corrected chi connectivity index (χ2v) is 5.64. The van der Waals surface area contributed by atoms with Gasteiger partial charge in [0.2, 0.25) is 5.91 Å². The number of hydrogen-bond donors (Lipinski definition) is 2. The highest BCUT2D eigenvalue weighted by Crippen LogP contribution is 2.27. The smallest absolute Gasteiger partial charge is 0.326 e. The summed E-state index contributed by atoms with van der Waals surface area (Å²) < 4.78 is 12.8. The Bertz CT molecular complexity index is 495. The van der Waals surface area contributed by atoms with Crippen LogP contribution in [-0.4, -0.2) is 23.0 Å². The van der Waals surface area contributed by atoms with Gasteiger partial charge in [-0.3, -0.25) is 4.79 Å². The van der Waals surface area contributed by atoms with Crippen molar-refractivity contribution in [1.29, 1.82) is 0 Å². The Morgan fingerprint density at radius 1 is 1.24 bits per heavy atom. The molecule has 0 aliphatic heterocycles. The minimum Gasteiger partial charge on any atom is -0.480 e. The van der Waals surface area contributed by atoms with Gasteiger partial charge in [0, 0.05) is 12.8 Å². The molecule has 0 heterocycles. The average molecular weight is 293 g/mol. The number of hydrogen-bond acceptors (Lipinski definition) is 2. The number of carbonyl (C=O) groups is 2. The van der Waals surface area contributed by atoms with Gasteiger partial charge in [-0.2, -0.15) is 0 Å². The molecule has 4 nitrogen and oxygen atoms in total. The molecule has 2 N–H and O–H groups in total. The third kappa shape index (κ3) is 4.85. The Labute approximate surface area is 123 Å². The Hall–Kier alpha value is -1.91. The summed E-state index contributed by atoms with van der Waals surface area (Å²) in [6.45, 7) is 0. The van der Waals surface area contributed by atoms with E-state index in [1.807, 2.05) is 0 Å². The van der Waals surface area contributed by atoms with E-state index in [1.165, 1.54) is 24.3 Å². The summed E-state index contributed by atoms with van der Waals surface area (Å²) in [6.07, 6.45) is 4.94. The van der Waals surface area contributed by atoms with Gasteiger partial charge in [0.1, 0.15) is 11.9 Å². The van der Waals surface area contributed by atoms with Crippen LogP contribution in [0.4, 0.5) is 4.39 Å². The van der Waals surface area contributed by atoms with E-state index in [1.54, 1.807) is 0 Å². The third-order valence-corrected chi connectivity index (χ3v) is 3.94. The van der Waals surface area contributed by atoms with Gasteiger partial charge < -0.3 is 10.4 Å². The minimum absolute atomic E-state index is 0.159. The molecular formula is C16H20FNO3. The van der Waals surface area contributed by atoms with Crippen LogP contribution in [0.25, 0.3) is 0 Å². The van der Waals surface area contributed by atoms with Crippen LogP contribution in [0.5, 0.6) is 0 Å². The average Bonchev–Trinajstić information content (AvgIpc) is 2.93. The lowest BCUT2D eigenvalue weighted by atomic mass is 10.0. The van der Waals surface area contributed by atoms with Gasteiger partial charge >= 0.3 is 5.97 Å². The van der Waals surface area contributed by atoms with Crippen LogP contribution in [0.1, 0.15) is 37.7 Å². The fourth-order valence-electron chi connectivity index (χ4n) is 2.79. The molecule has 1 aliphatic carbocycles. The van der Waals surface area contributed by atoms with E-state index >= 15 is 0 Å². The van der Waals surface area contributed by atoms with Crippen LogP contribution in [0, 0.1) is 11.7 Å². The molecule has 2 rings (SSSR count). The molecule has 1 atom stereocenters. The number of carbonyl (C=O) groups excluding carboxylic acids is 1. The summed E-state index contributed by atoms with van der Waals surface area (Å²) in [6, 6.07) is 4.68. The topological polar surface area (TPSA) is 66.4 Å². The highest BCUT2D eigenvalue weighted by atomic mass is 19.1. The zero-order valence-corrected chi connectivity index (χ0v) is 11.8. The first-order valence-corrected chi connectivity index (χ1v) is 7.31. The van der Waals surface area contributed by atoms with Crippen LogP contribution in [-0.2, 0) is 16.0 Å². The lowest BCUT2D eigenvalue weighted by Crippen LogP contribution is -2.42. The predicted molar refractivity (Wildman–Crippen MR) is 76.2 cm³/mol. The number of amides is 1. The Morgan fingerprint density at radius 3 is 2.43 bits per heavy atom. The standard InChI is InChI=1S/C16H20FNO3/c17-13-7-5-12(6-8-13)9-14(16(20)21)18-15(19)10-11-3-1-2-4-11/h5-8,11,14H,1-4,9-10H2,(H,18,19)(H,20,21)/t14-/m0/s1. The molecule has 0 spiro atoms. The number of nitrogens with one attached hydrogen (secondary N) is 1.